The van der Waals surface area contributed by atoms with Gasteiger partial charge in [0.2, 0.25) is 5.91 Å². The Morgan fingerprint density at radius 3 is 2.67 bits per heavy atom. The molecule has 1 amide bonds. The van der Waals surface area contributed by atoms with Crippen LogP contribution >= 0.6 is 24.8 Å². The van der Waals surface area contributed by atoms with Crippen molar-refractivity contribution in [3.05, 3.63) is 35.9 Å². The third kappa shape index (κ3) is 7.14. The van der Waals surface area contributed by atoms with Gasteiger partial charge in [0.15, 0.2) is 0 Å². The third-order valence-electron chi connectivity index (χ3n) is 3.39. The number of nitrogens with two attached hydrogens (primary N) is 1. The number of halogens is 2. The predicted octanol–water partition coefficient (Wildman–Crippen LogP) is 1.96. The monoisotopic (exact) mass is 333 g/mol. The van der Waals surface area contributed by atoms with E-state index in [9.17, 15) is 4.79 Å². The van der Waals surface area contributed by atoms with Crippen molar-refractivity contribution in [2.75, 3.05) is 13.1 Å². The Hall–Kier alpha value is -0.810. The lowest BCUT2D eigenvalue weighted by atomic mass is 10.2. The number of carbonyl (C=O) groups is 1. The zero-order valence-electron chi connectivity index (χ0n) is 12.3. The summed E-state index contributed by atoms with van der Waals surface area (Å²) in [6.07, 6.45) is 1.44. The van der Waals surface area contributed by atoms with Crippen LogP contribution in [0, 0.1) is 0 Å². The fraction of sp³-hybridized carbons (Fsp3) is 0.533. The van der Waals surface area contributed by atoms with Gasteiger partial charge in [-0.25, -0.2) is 0 Å². The first-order valence-electron chi connectivity index (χ1n) is 6.94. The summed E-state index contributed by atoms with van der Waals surface area (Å²) in [5.41, 5.74) is 6.95. The number of amides is 1. The summed E-state index contributed by atoms with van der Waals surface area (Å²) in [4.78, 5) is 14.0. The summed E-state index contributed by atoms with van der Waals surface area (Å²) in [5.74, 6) is 0.0709. The molecule has 120 valence electrons. The minimum atomic E-state index is -0.0678. The molecular formula is C15H25Cl2N3O. The highest BCUT2D eigenvalue weighted by Crippen LogP contribution is 2.13. The summed E-state index contributed by atoms with van der Waals surface area (Å²) in [7, 11) is 0. The largest absolute Gasteiger partial charge is 0.352 e. The van der Waals surface area contributed by atoms with E-state index < -0.39 is 0 Å². The van der Waals surface area contributed by atoms with Crippen molar-refractivity contribution in [1.29, 1.82) is 0 Å². The van der Waals surface area contributed by atoms with Crippen LogP contribution in [0.3, 0.4) is 0 Å². The van der Waals surface area contributed by atoms with Crippen LogP contribution in [0.2, 0.25) is 0 Å². The van der Waals surface area contributed by atoms with Gasteiger partial charge < -0.3 is 11.1 Å². The second-order valence-electron chi connectivity index (χ2n) is 5.46. The first kappa shape index (κ1) is 20.2. The minimum absolute atomic E-state index is 0. The van der Waals surface area contributed by atoms with E-state index in [1.807, 2.05) is 13.0 Å². The molecule has 0 saturated carbocycles. The van der Waals surface area contributed by atoms with Gasteiger partial charge in [0.25, 0.3) is 0 Å². The van der Waals surface area contributed by atoms with Crippen molar-refractivity contribution in [1.82, 2.24) is 10.2 Å². The van der Waals surface area contributed by atoms with Crippen LogP contribution in [0.1, 0.15) is 25.3 Å². The molecule has 2 rings (SSSR count). The molecule has 1 fully saturated rings. The number of carbonyl (C=O) groups excluding carboxylic acids is 1. The van der Waals surface area contributed by atoms with E-state index in [0.29, 0.717) is 6.42 Å². The van der Waals surface area contributed by atoms with Crippen LogP contribution in [0.25, 0.3) is 0 Å². The van der Waals surface area contributed by atoms with E-state index in [4.69, 9.17) is 5.73 Å². The average Bonchev–Trinajstić information content (AvgIpc) is 2.76. The third-order valence-corrected chi connectivity index (χ3v) is 3.39. The Bertz CT molecular complexity index is 415. The predicted molar refractivity (Wildman–Crippen MR) is 91.0 cm³/mol. The molecule has 0 aliphatic carbocycles. The highest BCUT2D eigenvalue weighted by atomic mass is 35.5. The number of nitrogens with one attached hydrogen (secondary N) is 1. The molecule has 0 spiro atoms. The average molecular weight is 334 g/mol. The quantitative estimate of drug-likeness (QED) is 0.865. The van der Waals surface area contributed by atoms with Crippen molar-refractivity contribution in [3.63, 3.8) is 0 Å². The highest BCUT2D eigenvalue weighted by molar-refractivity contribution is 5.85. The molecule has 1 heterocycles. The fourth-order valence-corrected chi connectivity index (χ4v) is 2.51. The molecule has 0 bridgehead atoms. The zero-order valence-corrected chi connectivity index (χ0v) is 14.0. The van der Waals surface area contributed by atoms with Gasteiger partial charge in [-0.1, -0.05) is 30.3 Å². The molecular weight excluding hydrogens is 309 g/mol. The summed E-state index contributed by atoms with van der Waals surface area (Å²) in [6, 6.07) is 10.6. The Morgan fingerprint density at radius 2 is 2.05 bits per heavy atom. The first-order valence-corrected chi connectivity index (χ1v) is 6.94. The molecule has 1 aliphatic rings. The Labute approximate surface area is 139 Å². The van der Waals surface area contributed by atoms with Gasteiger partial charge in [0.1, 0.15) is 0 Å². The van der Waals surface area contributed by atoms with Crippen molar-refractivity contribution in [2.24, 2.45) is 5.73 Å². The molecule has 3 N–H and O–H groups in total. The van der Waals surface area contributed by atoms with Crippen LogP contribution in [0.15, 0.2) is 30.3 Å². The zero-order chi connectivity index (χ0) is 13.7. The van der Waals surface area contributed by atoms with Gasteiger partial charge >= 0.3 is 0 Å². The van der Waals surface area contributed by atoms with E-state index in [-0.39, 0.29) is 42.8 Å². The lowest BCUT2D eigenvalue weighted by molar-refractivity contribution is -0.121. The molecule has 0 radical (unpaired) electrons. The van der Waals surface area contributed by atoms with Gasteiger partial charge in [-0.3, -0.25) is 9.69 Å². The maximum absolute atomic E-state index is 11.7. The van der Waals surface area contributed by atoms with E-state index in [2.05, 4.69) is 34.5 Å². The second kappa shape index (κ2) is 10.0. The van der Waals surface area contributed by atoms with E-state index in [1.54, 1.807) is 0 Å². The summed E-state index contributed by atoms with van der Waals surface area (Å²) in [6.45, 7) is 4.79. The van der Waals surface area contributed by atoms with Gasteiger partial charge in [0.05, 0.1) is 0 Å². The van der Waals surface area contributed by atoms with Crippen LogP contribution in [-0.2, 0) is 11.3 Å². The molecule has 21 heavy (non-hydrogen) atoms. The van der Waals surface area contributed by atoms with E-state index in [0.717, 1.165) is 26.1 Å². The van der Waals surface area contributed by atoms with Gasteiger partial charge in [-0.2, -0.15) is 0 Å². The lowest BCUT2D eigenvalue weighted by Gasteiger charge is -2.17. The molecule has 2 unspecified atom stereocenters. The SMILES string of the molecule is CC(N)CC(=O)NC1CCN(Cc2ccccc2)C1.Cl.Cl. The number of likely N-dealkylation sites (tertiary alicyclic amines) is 1. The lowest BCUT2D eigenvalue weighted by Crippen LogP contribution is -2.39. The molecule has 6 heteroatoms. The van der Waals surface area contributed by atoms with Crippen molar-refractivity contribution in [2.45, 2.75) is 38.4 Å². The number of rotatable bonds is 5. The number of hydrogen-bond acceptors (Lipinski definition) is 3. The summed E-state index contributed by atoms with van der Waals surface area (Å²) in [5, 5.41) is 3.07. The Morgan fingerprint density at radius 1 is 1.38 bits per heavy atom. The summed E-state index contributed by atoms with van der Waals surface area (Å²) >= 11 is 0. The molecule has 1 aromatic rings. The fourth-order valence-electron chi connectivity index (χ4n) is 2.51. The number of nitrogens with zero attached hydrogens (tertiary/aromatic N) is 1. The van der Waals surface area contributed by atoms with E-state index in [1.165, 1.54) is 5.56 Å². The molecule has 1 aliphatic heterocycles. The van der Waals surface area contributed by atoms with Crippen LogP contribution in [-0.4, -0.2) is 36.0 Å². The topological polar surface area (TPSA) is 58.4 Å². The number of hydrogen-bond donors (Lipinski definition) is 2. The maximum atomic E-state index is 11.7. The van der Waals surface area contributed by atoms with Crippen molar-refractivity contribution >= 4 is 30.7 Å². The molecule has 2 atom stereocenters. The maximum Gasteiger partial charge on any atom is 0.221 e. The molecule has 1 saturated heterocycles. The number of benzene rings is 1. The van der Waals surface area contributed by atoms with Gasteiger partial charge in [-0.15, -0.1) is 24.8 Å². The van der Waals surface area contributed by atoms with Crippen LogP contribution < -0.4 is 11.1 Å². The second-order valence-corrected chi connectivity index (χ2v) is 5.46. The highest BCUT2D eigenvalue weighted by Gasteiger charge is 2.23. The Kier molecular flexibility index (Phi) is 9.62. The standard InChI is InChI=1S/C15H23N3O.2ClH/c1-12(16)9-15(19)17-14-7-8-18(11-14)10-13-5-3-2-4-6-13;;/h2-6,12,14H,7-11,16H2,1H3,(H,17,19);2*1H. The normalized spacial score (nSPS) is 19.2. The van der Waals surface area contributed by atoms with Crippen LogP contribution in [0.4, 0.5) is 0 Å². The summed E-state index contributed by atoms with van der Waals surface area (Å²) < 4.78 is 0. The molecule has 1 aromatic carbocycles. The van der Waals surface area contributed by atoms with Gasteiger partial charge in [-0.05, 0) is 18.9 Å². The minimum Gasteiger partial charge on any atom is -0.352 e. The van der Waals surface area contributed by atoms with Crippen molar-refractivity contribution < 1.29 is 4.79 Å². The van der Waals surface area contributed by atoms with E-state index >= 15 is 0 Å². The van der Waals surface area contributed by atoms with Crippen LogP contribution in [0.5, 0.6) is 0 Å². The van der Waals surface area contributed by atoms with Crippen molar-refractivity contribution in [3.8, 4) is 0 Å². The van der Waals surface area contributed by atoms with Gasteiger partial charge in [0, 0.05) is 38.1 Å². The Balaban J connectivity index is 0.00000200. The molecule has 0 aromatic heterocycles. The first-order chi connectivity index (χ1) is 9.13. The smallest absolute Gasteiger partial charge is 0.221 e. The molecule has 4 nitrogen and oxygen atoms in total.